The minimum Gasteiger partial charge on any atom is -1.00 e. The van der Waals surface area contributed by atoms with Gasteiger partial charge in [-0.25, -0.2) is 0 Å². The summed E-state index contributed by atoms with van der Waals surface area (Å²) in [7, 11) is 0. The van der Waals surface area contributed by atoms with Gasteiger partial charge < -0.3 is 67.5 Å². The Kier molecular flexibility index (Phi) is 710. The van der Waals surface area contributed by atoms with Crippen LogP contribution < -0.4 is 165 Å². The van der Waals surface area contributed by atoms with Gasteiger partial charge in [0, 0.05) is 0 Å². The number of halogens is 5. The largest absolute Gasteiger partial charge is 3.00 e. The van der Waals surface area contributed by atoms with Gasteiger partial charge >= 0.3 is 123 Å². The SMILES string of the molecule is O.[Cl-].[Cl-].[Cl-].[Cl-].[Cl-].[Ir+3].[K+].[K+]. The van der Waals surface area contributed by atoms with Crippen LogP contribution in [0.2, 0.25) is 0 Å². The first-order chi connectivity index (χ1) is 0. The Balaban J connectivity index is 0. The van der Waals surface area contributed by atoms with E-state index in [9.17, 15) is 0 Å². The Hall–Kier alpha value is 5.33. The third kappa shape index (κ3) is 60.2. The fourth-order valence-electron chi connectivity index (χ4n) is 0. The van der Waals surface area contributed by atoms with Crippen LogP contribution in [-0.4, -0.2) is 5.48 Å². The van der Waals surface area contributed by atoms with Gasteiger partial charge in [0.15, 0.2) is 0 Å². The summed E-state index contributed by atoms with van der Waals surface area (Å²) in [5.74, 6) is 0. The monoisotopic (exact) mass is 464 g/mol. The Morgan fingerprint density at radius 1 is 0.444 bits per heavy atom. The number of rotatable bonds is 0. The summed E-state index contributed by atoms with van der Waals surface area (Å²) in [5.41, 5.74) is 0. The van der Waals surface area contributed by atoms with Gasteiger partial charge in [0.25, 0.3) is 0 Å². The van der Waals surface area contributed by atoms with Crippen molar-refractivity contribution >= 4 is 0 Å². The molecule has 0 rings (SSSR count). The summed E-state index contributed by atoms with van der Waals surface area (Å²) in [6.07, 6.45) is 0. The molecule has 1 nitrogen and oxygen atoms in total. The van der Waals surface area contributed by atoms with E-state index in [4.69, 9.17) is 0 Å². The van der Waals surface area contributed by atoms with Gasteiger partial charge in [0.05, 0.1) is 0 Å². The molecule has 0 unspecified atom stereocenters. The maximum absolute atomic E-state index is 0. The molecule has 54 valence electrons. The summed E-state index contributed by atoms with van der Waals surface area (Å²) in [6.45, 7) is 0. The normalized spacial score (nSPS) is 0. The molecule has 0 fully saturated rings. The van der Waals surface area contributed by atoms with E-state index in [1.807, 2.05) is 0 Å². The molecule has 0 saturated carbocycles. The van der Waals surface area contributed by atoms with Crippen molar-refractivity contribution in [1.29, 1.82) is 0 Å². The molecule has 0 atom stereocenters. The van der Waals surface area contributed by atoms with Crippen LogP contribution in [0.3, 0.4) is 0 Å². The van der Waals surface area contributed by atoms with Crippen molar-refractivity contribution in [2.75, 3.05) is 0 Å². The molecule has 0 aromatic heterocycles. The van der Waals surface area contributed by atoms with Crippen LogP contribution in [0.4, 0.5) is 0 Å². The van der Waals surface area contributed by atoms with Gasteiger partial charge in [0.2, 0.25) is 0 Å². The minimum atomic E-state index is 0. The maximum Gasteiger partial charge on any atom is 3.00 e. The first kappa shape index (κ1) is 89.6. The van der Waals surface area contributed by atoms with E-state index in [1.54, 1.807) is 0 Å². The van der Waals surface area contributed by atoms with Crippen molar-refractivity contribution in [1.82, 2.24) is 0 Å². The minimum absolute atomic E-state index is 0. The zero-order valence-corrected chi connectivity index (χ0v) is 17.1. The average Bonchev–Trinajstić information content (AvgIpc) is 0. The summed E-state index contributed by atoms with van der Waals surface area (Å²) < 4.78 is 0. The second-order valence-corrected chi connectivity index (χ2v) is 0. The standard InChI is InChI=1S/5ClH.Ir.2K.H2O/h5*1H;;;;1H2/q;;;;;+3;2*+1;/p-5. The van der Waals surface area contributed by atoms with Gasteiger partial charge in [-0.05, 0) is 0 Å². The van der Waals surface area contributed by atoms with Crippen LogP contribution in [0.1, 0.15) is 0 Å². The first-order valence-electron chi connectivity index (χ1n) is 0. The van der Waals surface area contributed by atoms with Gasteiger partial charge in [-0.2, -0.15) is 0 Å². The van der Waals surface area contributed by atoms with Gasteiger partial charge in [-0.3, -0.25) is 0 Å². The fourth-order valence-corrected chi connectivity index (χ4v) is 0. The molecule has 2 N–H and O–H groups in total. The van der Waals surface area contributed by atoms with Gasteiger partial charge in [-0.1, -0.05) is 0 Å². The molecule has 0 spiro atoms. The van der Waals surface area contributed by atoms with Crippen LogP contribution in [0.15, 0.2) is 0 Å². The molecule has 0 saturated heterocycles. The summed E-state index contributed by atoms with van der Waals surface area (Å²) in [6, 6.07) is 0. The van der Waals surface area contributed by atoms with Crippen LogP contribution in [0.25, 0.3) is 0 Å². The van der Waals surface area contributed by atoms with E-state index in [0.29, 0.717) is 0 Å². The number of hydrogen-bond acceptors (Lipinski definition) is 0. The molecule has 0 bridgehead atoms. The van der Waals surface area contributed by atoms with E-state index in [-0.39, 0.29) is 190 Å². The second-order valence-electron chi connectivity index (χ2n) is 0. The van der Waals surface area contributed by atoms with E-state index in [2.05, 4.69) is 0 Å². The molecule has 0 radical (unpaired) electrons. The summed E-state index contributed by atoms with van der Waals surface area (Å²) in [5, 5.41) is 0. The van der Waals surface area contributed by atoms with Crippen LogP contribution in [0.5, 0.6) is 0 Å². The summed E-state index contributed by atoms with van der Waals surface area (Å²) in [4.78, 5) is 0. The molecule has 0 aliphatic rings. The summed E-state index contributed by atoms with van der Waals surface area (Å²) >= 11 is 0. The molecule has 0 aromatic rings. The van der Waals surface area contributed by atoms with E-state index in [1.165, 1.54) is 0 Å². The zero-order valence-electron chi connectivity index (χ0n) is 4.72. The average molecular weight is 466 g/mol. The van der Waals surface area contributed by atoms with E-state index in [0.717, 1.165) is 0 Å². The van der Waals surface area contributed by atoms with Crippen LogP contribution in [-0.2, 0) is 20.1 Å². The molecule has 0 heterocycles. The van der Waals surface area contributed by atoms with Crippen molar-refractivity contribution in [3.05, 3.63) is 0 Å². The van der Waals surface area contributed by atoms with E-state index < -0.39 is 0 Å². The molecule has 0 aromatic carbocycles. The molecular formula is H2Cl5IrK2O. The first-order valence-corrected chi connectivity index (χ1v) is 0. The molecular weight excluding hydrogens is 464 g/mol. The Morgan fingerprint density at radius 3 is 0.444 bits per heavy atom. The smallest absolute Gasteiger partial charge is 1.00 e. The second kappa shape index (κ2) is 71.3. The third-order valence-corrected chi connectivity index (χ3v) is 0. The molecule has 9 heteroatoms. The quantitative estimate of drug-likeness (QED) is 0.319. The van der Waals surface area contributed by atoms with Crippen molar-refractivity contribution < 1.29 is 190 Å². The third-order valence-electron chi connectivity index (χ3n) is 0. The fraction of sp³-hybridized carbons (Fsp3) is 0. The van der Waals surface area contributed by atoms with Crippen molar-refractivity contribution in [2.45, 2.75) is 0 Å². The zero-order chi connectivity index (χ0) is 0. The van der Waals surface area contributed by atoms with Gasteiger partial charge in [-0.15, -0.1) is 0 Å². The predicted octanol–water partition coefficient (Wildman–Crippen LogP) is -21.8. The molecule has 0 aliphatic carbocycles. The van der Waals surface area contributed by atoms with Crippen molar-refractivity contribution in [2.24, 2.45) is 0 Å². The van der Waals surface area contributed by atoms with Crippen molar-refractivity contribution in [3.8, 4) is 0 Å². The maximum atomic E-state index is 0. The Labute approximate surface area is 185 Å². The van der Waals surface area contributed by atoms with E-state index >= 15 is 0 Å². The predicted molar refractivity (Wildman–Crippen MR) is 3.61 cm³/mol. The molecule has 9 heavy (non-hydrogen) atoms. The molecule has 0 aliphatic heterocycles. The van der Waals surface area contributed by atoms with Crippen LogP contribution in [0, 0.1) is 0 Å². The van der Waals surface area contributed by atoms with Gasteiger partial charge in [0.1, 0.15) is 0 Å². The topological polar surface area (TPSA) is 31.5 Å². The van der Waals surface area contributed by atoms with Crippen molar-refractivity contribution in [3.63, 3.8) is 0 Å². The molecule has 0 amide bonds. The van der Waals surface area contributed by atoms with Crippen LogP contribution >= 0.6 is 0 Å². The Morgan fingerprint density at radius 2 is 0.444 bits per heavy atom. The Bertz CT molecular complexity index is 14.9. The number of hydrogen-bond donors (Lipinski definition) is 0.